The van der Waals surface area contributed by atoms with E-state index in [-0.39, 0.29) is 11.7 Å². The Hall–Kier alpha value is -1.81. The SMILES string of the molecule is CC(C)c1cccc(C(C)C)c1NC(=O)CCSc1ccc(F)cc1. The van der Waals surface area contributed by atoms with Crippen LogP contribution in [-0.2, 0) is 4.79 Å². The van der Waals surface area contributed by atoms with Gasteiger partial charge in [0.2, 0.25) is 5.91 Å². The predicted octanol–water partition coefficient (Wildman–Crippen LogP) is 6.19. The monoisotopic (exact) mass is 359 g/mol. The highest BCUT2D eigenvalue weighted by Crippen LogP contribution is 2.32. The van der Waals surface area contributed by atoms with Crippen molar-refractivity contribution in [3.63, 3.8) is 0 Å². The highest BCUT2D eigenvalue weighted by molar-refractivity contribution is 7.99. The number of para-hydroxylation sites is 1. The van der Waals surface area contributed by atoms with E-state index < -0.39 is 0 Å². The van der Waals surface area contributed by atoms with Crippen LogP contribution in [0.5, 0.6) is 0 Å². The van der Waals surface area contributed by atoms with Gasteiger partial charge in [-0.15, -0.1) is 11.8 Å². The van der Waals surface area contributed by atoms with Gasteiger partial charge in [0.15, 0.2) is 0 Å². The number of amides is 1. The summed E-state index contributed by atoms with van der Waals surface area (Å²) in [5, 5.41) is 3.12. The van der Waals surface area contributed by atoms with Crippen molar-refractivity contribution in [3.8, 4) is 0 Å². The summed E-state index contributed by atoms with van der Waals surface area (Å²) < 4.78 is 12.9. The predicted molar refractivity (Wildman–Crippen MR) is 105 cm³/mol. The van der Waals surface area contributed by atoms with Gasteiger partial charge >= 0.3 is 0 Å². The van der Waals surface area contributed by atoms with Crippen LogP contribution in [0.25, 0.3) is 0 Å². The fourth-order valence-electron chi connectivity index (χ4n) is 2.69. The highest BCUT2D eigenvalue weighted by Gasteiger charge is 2.15. The van der Waals surface area contributed by atoms with Crippen molar-refractivity contribution in [3.05, 3.63) is 59.4 Å². The first kappa shape index (κ1) is 19.5. The Kier molecular flexibility index (Phi) is 7.06. The number of hydrogen-bond donors (Lipinski definition) is 1. The van der Waals surface area contributed by atoms with Gasteiger partial charge in [0.1, 0.15) is 5.82 Å². The van der Waals surface area contributed by atoms with Crippen LogP contribution in [0, 0.1) is 5.82 Å². The van der Waals surface area contributed by atoms with Crippen LogP contribution in [-0.4, -0.2) is 11.7 Å². The molecule has 0 heterocycles. The summed E-state index contributed by atoms with van der Waals surface area (Å²) in [4.78, 5) is 13.4. The fraction of sp³-hybridized carbons (Fsp3) is 0.381. The standard InChI is InChI=1S/C21H26FNOS/c1-14(2)18-6-5-7-19(15(3)4)21(18)23-20(24)12-13-25-17-10-8-16(22)9-11-17/h5-11,14-15H,12-13H2,1-4H3,(H,23,24). The van der Waals surface area contributed by atoms with Crippen molar-refractivity contribution in [2.24, 2.45) is 0 Å². The molecule has 2 nitrogen and oxygen atoms in total. The van der Waals surface area contributed by atoms with E-state index in [1.54, 1.807) is 23.9 Å². The van der Waals surface area contributed by atoms with Gasteiger partial charge in [-0.2, -0.15) is 0 Å². The molecule has 25 heavy (non-hydrogen) atoms. The Morgan fingerprint density at radius 1 is 1.00 bits per heavy atom. The zero-order chi connectivity index (χ0) is 18.4. The molecule has 0 aromatic heterocycles. The first-order valence-electron chi connectivity index (χ1n) is 8.69. The molecule has 0 saturated carbocycles. The molecule has 4 heteroatoms. The summed E-state index contributed by atoms with van der Waals surface area (Å²) in [7, 11) is 0. The first-order valence-corrected chi connectivity index (χ1v) is 9.68. The number of carbonyl (C=O) groups excluding carboxylic acids is 1. The molecule has 0 atom stereocenters. The molecule has 0 unspecified atom stereocenters. The molecule has 0 spiro atoms. The Bertz CT molecular complexity index is 684. The van der Waals surface area contributed by atoms with E-state index in [1.165, 1.54) is 23.3 Å². The van der Waals surface area contributed by atoms with Gasteiger partial charge in [0, 0.05) is 22.8 Å². The van der Waals surface area contributed by atoms with Gasteiger partial charge in [0.05, 0.1) is 0 Å². The maximum absolute atomic E-state index is 12.9. The third kappa shape index (κ3) is 5.60. The normalized spacial score (nSPS) is 11.2. The number of carbonyl (C=O) groups is 1. The van der Waals surface area contributed by atoms with E-state index in [1.807, 2.05) is 0 Å². The van der Waals surface area contributed by atoms with Crippen LogP contribution in [0.4, 0.5) is 10.1 Å². The maximum Gasteiger partial charge on any atom is 0.225 e. The van der Waals surface area contributed by atoms with Crippen LogP contribution >= 0.6 is 11.8 Å². The molecule has 0 saturated heterocycles. The van der Waals surface area contributed by atoms with Crippen molar-refractivity contribution in [1.29, 1.82) is 0 Å². The van der Waals surface area contributed by atoms with E-state index in [0.717, 1.165) is 10.6 Å². The molecule has 1 amide bonds. The number of nitrogens with one attached hydrogen (secondary N) is 1. The Morgan fingerprint density at radius 2 is 1.56 bits per heavy atom. The van der Waals surface area contributed by atoms with Crippen molar-refractivity contribution in [2.75, 3.05) is 11.1 Å². The lowest BCUT2D eigenvalue weighted by Gasteiger charge is -2.20. The van der Waals surface area contributed by atoms with Crippen LogP contribution < -0.4 is 5.32 Å². The van der Waals surface area contributed by atoms with E-state index in [2.05, 4.69) is 51.2 Å². The molecule has 0 aliphatic heterocycles. The lowest BCUT2D eigenvalue weighted by atomic mass is 9.92. The summed E-state index contributed by atoms with van der Waals surface area (Å²) in [5.41, 5.74) is 3.31. The lowest BCUT2D eigenvalue weighted by Crippen LogP contribution is -2.16. The number of anilines is 1. The smallest absolute Gasteiger partial charge is 0.225 e. The van der Waals surface area contributed by atoms with Crippen molar-refractivity contribution in [1.82, 2.24) is 0 Å². The summed E-state index contributed by atoms with van der Waals surface area (Å²) in [6, 6.07) is 12.6. The molecule has 0 radical (unpaired) electrons. The molecule has 2 rings (SSSR count). The Labute approximate surface area is 154 Å². The van der Waals surface area contributed by atoms with Gasteiger partial charge < -0.3 is 5.32 Å². The zero-order valence-corrected chi connectivity index (χ0v) is 16.1. The third-order valence-corrected chi connectivity index (χ3v) is 5.06. The molecule has 0 aliphatic carbocycles. The minimum atomic E-state index is -0.242. The zero-order valence-electron chi connectivity index (χ0n) is 15.3. The van der Waals surface area contributed by atoms with Crippen molar-refractivity contribution >= 4 is 23.4 Å². The number of halogens is 1. The fourth-order valence-corrected chi connectivity index (χ4v) is 3.54. The average Bonchev–Trinajstić information content (AvgIpc) is 2.56. The van der Waals surface area contributed by atoms with Gasteiger partial charge in [0.25, 0.3) is 0 Å². The first-order chi connectivity index (χ1) is 11.9. The topological polar surface area (TPSA) is 29.1 Å². The summed E-state index contributed by atoms with van der Waals surface area (Å²) in [6.45, 7) is 8.55. The van der Waals surface area contributed by atoms with Crippen LogP contribution in [0.3, 0.4) is 0 Å². The van der Waals surface area contributed by atoms with E-state index >= 15 is 0 Å². The largest absolute Gasteiger partial charge is 0.326 e. The molecule has 1 N–H and O–H groups in total. The average molecular weight is 360 g/mol. The molecular weight excluding hydrogens is 333 g/mol. The van der Waals surface area contributed by atoms with Gasteiger partial charge in [-0.25, -0.2) is 4.39 Å². The van der Waals surface area contributed by atoms with Crippen LogP contribution in [0.1, 0.15) is 57.1 Å². The summed E-state index contributed by atoms with van der Waals surface area (Å²) in [5.74, 6) is 1.14. The van der Waals surface area contributed by atoms with Crippen LogP contribution in [0.15, 0.2) is 47.4 Å². The molecule has 0 aliphatic rings. The summed E-state index contributed by atoms with van der Waals surface area (Å²) >= 11 is 1.56. The number of thioether (sulfide) groups is 1. The van der Waals surface area contributed by atoms with E-state index in [4.69, 9.17) is 0 Å². The maximum atomic E-state index is 12.9. The molecular formula is C21H26FNOS. The third-order valence-electron chi connectivity index (χ3n) is 4.05. The number of rotatable bonds is 7. The molecule has 2 aromatic rings. The van der Waals surface area contributed by atoms with Gasteiger partial charge in [-0.1, -0.05) is 45.9 Å². The quantitative estimate of drug-likeness (QED) is 0.597. The van der Waals surface area contributed by atoms with E-state index in [9.17, 15) is 9.18 Å². The molecule has 0 fully saturated rings. The minimum absolute atomic E-state index is 0.0182. The second kappa shape index (κ2) is 9.04. The Morgan fingerprint density at radius 3 is 2.08 bits per heavy atom. The second-order valence-electron chi connectivity index (χ2n) is 6.72. The lowest BCUT2D eigenvalue weighted by molar-refractivity contribution is -0.115. The van der Waals surface area contributed by atoms with Gasteiger partial charge in [-0.3, -0.25) is 4.79 Å². The number of hydrogen-bond acceptors (Lipinski definition) is 2. The van der Waals surface area contributed by atoms with Crippen LogP contribution in [0.2, 0.25) is 0 Å². The Balaban J connectivity index is 2.01. The minimum Gasteiger partial charge on any atom is -0.326 e. The summed E-state index contributed by atoms with van der Waals surface area (Å²) in [6.07, 6.45) is 0.423. The van der Waals surface area contributed by atoms with E-state index in [0.29, 0.717) is 24.0 Å². The second-order valence-corrected chi connectivity index (χ2v) is 7.89. The van der Waals surface area contributed by atoms with Crippen molar-refractivity contribution in [2.45, 2.75) is 50.8 Å². The molecule has 0 bridgehead atoms. The molecule has 134 valence electrons. The molecule has 2 aromatic carbocycles. The number of benzene rings is 2. The highest BCUT2D eigenvalue weighted by atomic mass is 32.2. The van der Waals surface area contributed by atoms with Gasteiger partial charge in [-0.05, 0) is 47.2 Å². The van der Waals surface area contributed by atoms with Crippen molar-refractivity contribution < 1.29 is 9.18 Å².